The van der Waals surface area contributed by atoms with Crippen LogP contribution in [-0.2, 0) is 42.9 Å². The zero-order valence-electron chi connectivity index (χ0n) is 30.4. The number of hydrogen-bond donors (Lipinski definition) is 6. The number of carbonyl (C=O) groups excluding carboxylic acids is 3. The number of ether oxygens (including phenoxy) is 4. The van der Waals surface area contributed by atoms with Crippen molar-refractivity contribution in [1.82, 2.24) is 21.3 Å². The third-order valence-electron chi connectivity index (χ3n) is 7.61. The van der Waals surface area contributed by atoms with Crippen LogP contribution < -0.4 is 21.3 Å². The molecule has 0 aromatic carbocycles. The molecule has 50 heavy (non-hydrogen) atoms. The van der Waals surface area contributed by atoms with Crippen LogP contribution in [0.25, 0.3) is 0 Å². The van der Waals surface area contributed by atoms with Crippen molar-refractivity contribution in [3.63, 3.8) is 0 Å². The number of carboxylic acid groups (broad SMARTS) is 2. The van der Waals surface area contributed by atoms with Crippen molar-refractivity contribution in [2.24, 2.45) is 0 Å². The van der Waals surface area contributed by atoms with E-state index in [4.69, 9.17) is 24.1 Å². The first-order chi connectivity index (χ1) is 24.3. The van der Waals surface area contributed by atoms with Crippen molar-refractivity contribution < 1.29 is 53.1 Å². The Bertz CT molecular complexity index is 880. The van der Waals surface area contributed by atoms with Crippen LogP contribution in [0.5, 0.6) is 0 Å². The smallest absolute Gasteiger partial charge is 0.320 e. The minimum atomic E-state index is -1.01. The van der Waals surface area contributed by atoms with E-state index in [1.807, 2.05) is 6.92 Å². The summed E-state index contributed by atoms with van der Waals surface area (Å²) in [7, 11) is 0. The van der Waals surface area contributed by atoms with Crippen molar-refractivity contribution in [2.75, 3.05) is 79.0 Å². The standard InChI is InChI=1S/C35H66N4O11/c1-2-3-18-37-32(41)17-16-30(35(45)46)36-19-22-47-25-26-48-24-21-39-33(42)29-50-28-27-49-23-20-38-31(40)14-12-10-8-6-4-5-7-9-11-13-15-34(43)44/h30,36H,2-29H2,1H3,(H,37,41)(H,38,40)(H,39,42)(H,43,44)(H,45,46). The molecule has 0 saturated heterocycles. The minimum absolute atomic E-state index is 0.0236. The highest BCUT2D eigenvalue weighted by atomic mass is 16.5. The van der Waals surface area contributed by atoms with E-state index in [2.05, 4.69) is 21.3 Å². The number of rotatable bonds is 38. The summed E-state index contributed by atoms with van der Waals surface area (Å²) in [5, 5.41) is 29.1. The van der Waals surface area contributed by atoms with E-state index < -0.39 is 18.0 Å². The molecule has 0 rings (SSSR count). The van der Waals surface area contributed by atoms with Gasteiger partial charge < -0.3 is 50.4 Å². The molecule has 15 nitrogen and oxygen atoms in total. The molecule has 15 heteroatoms. The van der Waals surface area contributed by atoms with Gasteiger partial charge in [0.25, 0.3) is 0 Å². The number of unbranched alkanes of at least 4 members (excludes halogenated alkanes) is 10. The number of carboxylic acids is 2. The van der Waals surface area contributed by atoms with Gasteiger partial charge in [0.15, 0.2) is 0 Å². The van der Waals surface area contributed by atoms with Gasteiger partial charge in [0.2, 0.25) is 17.7 Å². The molecule has 0 bridgehead atoms. The molecule has 0 aliphatic heterocycles. The predicted molar refractivity (Wildman–Crippen MR) is 189 cm³/mol. The zero-order chi connectivity index (χ0) is 36.9. The van der Waals surface area contributed by atoms with Crippen LogP contribution in [0, 0.1) is 0 Å². The van der Waals surface area contributed by atoms with Crippen molar-refractivity contribution in [2.45, 2.75) is 116 Å². The van der Waals surface area contributed by atoms with E-state index in [9.17, 15) is 29.1 Å². The monoisotopic (exact) mass is 718 g/mol. The van der Waals surface area contributed by atoms with Gasteiger partial charge >= 0.3 is 11.9 Å². The largest absolute Gasteiger partial charge is 0.481 e. The molecule has 0 aromatic rings. The Hall–Kier alpha value is -2.85. The topological polar surface area (TPSA) is 211 Å². The summed E-state index contributed by atoms with van der Waals surface area (Å²) in [5.41, 5.74) is 0. The fraction of sp³-hybridized carbons (Fsp3) is 0.857. The second-order valence-corrected chi connectivity index (χ2v) is 12.1. The number of amides is 3. The van der Waals surface area contributed by atoms with Gasteiger partial charge in [-0.3, -0.25) is 24.0 Å². The zero-order valence-corrected chi connectivity index (χ0v) is 30.4. The number of nitrogens with one attached hydrogen (secondary N) is 4. The van der Waals surface area contributed by atoms with Crippen molar-refractivity contribution >= 4 is 29.7 Å². The molecule has 0 aromatic heterocycles. The first kappa shape index (κ1) is 47.1. The lowest BCUT2D eigenvalue weighted by atomic mass is 10.1. The van der Waals surface area contributed by atoms with E-state index >= 15 is 0 Å². The second-order valence-electron chi connectivity index (χ2n) is 12.1. The van der Waals surface area contributed by atoms with Gasteiger partial charge in [-0.15, -0.1) is 0 Å². The van der Waals surface area contributed by atoms with Gasteiger partial charge in [-0.05, 0) is 25.7 Å². The van der Waals surface area contributed by atoms with Gasteiger partial charge in [-0.2, -0.15) is 0 Å². The third-order valence-corrected chi connectivity index (χ3v) is 7.61. The number of hydrogen-bond acceptors (Lipinski definition) is 10. The SMILES string of the molecule is CCCCNC(=O)CCC(NCCOCCOCCNC(=O)COCCOCCNC(=O)CCCCCCCCCCCCC(=O)O)C(=O)O. The maximum atomic E-state index is 11.9. The first-order valence-electron chi connectivity index (χ1n) is 18.5. The molecule has 3 amide bonds. The quantitative estimate of drug-likeness (QED) is 0.0509. The summed E-state index contributed by atoms with van der Waals surface area (Å²) in [5.74, 6) is -2.11. The molecule has 0 radical (unpaired) electrons. The molecule has 0 aliphatic rings. The summed E-state index contributed by atoms with van der Waals surface area (Å²) in [6.45, 7) is 5.83. The van der Waals surface area contributed by atoms with Gasteiger partial charge in [0, 0.05) is 45.4 Å². The Balaban J connectivity index is 3.45. The van der Waals surface area contributed by atoms with Crippen LogP contribution in [0.1, 0.15) is 110 Å². The highest BCUT2D eigenvalue weighted by Gasteiger charge is 2.17. The summed E-state index contributed by atoms with van der Waals surface area (Å²) in [6, 6.07) is -0.819. The predicted octanol–water partition coefficient (Wildman–Crippen LogP) is 2.79. The maximum absolute atomic E-state index is 11.9. The number of aliphatic carboxylic acids is 2. The Labute approximate surface area is 298 Å². The van der Waals surface area contributed by atoms with Crippen LogP contribution in [0.4, 0.5) is 0 Å². The summed E-state index contributed by atoms with van der Waals surface area (Å²) in [6.07, 6.45) is 13.6. The molecule has 292 valence electrons. The normalized spacial score (nSPS) is 11.6. The van der Waals surface area contributed by atoms with Crippen LogP contribution in [0.2, 0.25) is 0 Å². The molecule has 0 aliphatic carbocycles. The van der Waals surface area contributed by atoms with Crippen molar-refractivity contribution in [3.05, 3.63) is 0 Å². The summed E-state index contributed by atoms with van der Waals surface area (Å²) >= 11 is 0. The van der Waals surface area contributed by atoms with E-state index in [0.717, 1.165) is 57.8 Å². The molecule has 0 saturated carbocycles. The Morgan fingerprint density at radius 2 is 0.960 bits per heavy atom. The lowest BCUT2D eigenvalue weighted by molar-refractivity contribution is -0.140. The molecule has 0 heterocycles. The van der Waals surface area contributed by atoms with E-state index in [1.54, 1.807) is 0 Å². The van der Waals surface area contributed by atoms with Crippen molar-refractivity contribution in [3.8, 4) is 0 Å². The fourth-order valence-corrected chi connectivity index (χ4v) is 4.73. The summed E-state index contributed by atoms with van der Waals surface area (Å²) < 4.78 is 21.6. The van der Waals surface area contributed by atoms with E-state index in [1.165, 1.54) is 19.3 Å². The van der Waals surface area contributed by atoms with E-state index in [-0.39, 0.29) is 50.2 Å². The van der Waals surface area contributed by atoms with Gasteiger partial charge in [0.05, 0.1) is 46.2 Å². The van der Waals surface area contributed by atoms with Crippen LogP contribution in [-0.4, -0.2) is 125 Å². The lowest BCUT2D eigenvalue weighted by Gasteiger charge is -2.14. The molecule has 1 unspecified atom stereocenters. The van der Waals surface area contributed by atoms with Crippen LogP contribution in [0.3, 0.4) is 0 Å². The molecular formula is C35H66N4O11. The molecule has 0 fully saturated rings. The van der Waals surface area contributed by atoms with Crippen LogP contribution in [0.15, 0.2) is 0 Å². The maximum Gasteiger partial charge on any atom is 0.320 e. The van der Waals surface area contributed by atoms with Crippen molar-refractivity contribution in [1.29, 1.82) is 0 Å². The van der Waals surface area contributed by atoms with E-state index in [0.29, 0.717) is 72.2 Å². The molecule has 6 N–H and O–H groups in total. The first-order valence-corrected chi connectivity index (χ1v) is 18.5. The highest BCUT2D eigenvalue weighted by Crippen LogP contribution is 2.12. The van der Waals surface area contributed by atoms with Crippen LogP contribution >= 0.6 is 0 Å². The number of carbonyl (C=O) groups is 5. The van der Waals surface area contributed by atoms with Gasteiger partial charge in [0.1, 0.15) is 12.6 Å². The lowest BCUT2D eigenvalue weighted by Crippen LogP contribution is -2.39. The molecule has 1 atom stereocenters. The minimum Gasteiger partial charge on any atom is -0.481 e. The highest BCUT2D eigenvalue weighted by molar-refractivity contribution is 5.78. The summed E-state index contributed by atoms with van der Waals surface area (Å²) in [4.78, 5) is 57.4. The van der Waals surface area contributed by atoms with Gasteiger partial charge in [-0.1, -0.05) is 64.7 Å². The Morgan fingerprint density at radius 3 is 1.50 bits per heavy atom. The second kappa shape index (κ2) is 36.0. The Morgan fingerprint density at radius 1 is 0.500 bits per heavy atom. The Kier molecular flexibility index (Phi) is 33.9. The molecular weight excluding hydrogens is 652 g/mol. The fourth-order valence-electron chi connectivity index (χ4n) is 4.73. The molecule has 0 spiro atoms. The van der Waals surface area contributed by atoms with Gasteiger partial charge in [-0.25, -0.2) is 0 Å². The average Bonchev–Trinajstić information content (AvgIpc) is 3.08. The average molecular weight is 719 g/mol. The third kappa shape index (κ3) is 35.0.